The fourth-order valence-corrected chi connectivity index (χ4v) is 6.41. The van der Waals surface area contributed by atoms with Crippen LogP contribution in [0.4, 0.5) is 5.69 Å². The molecule has 4 bridgehead atoms. The summed E-state index contributed by atoms with van der Waals surface area (Å²) in [5, 5.41) is 25.0. The Morgan fingerprint density at radius 1 is 1.06 bits per heavy atom. The number of hydrogen-bond donors (Lipinski definition) is 2. The van der Waals surface area contributed by atoms with E-state index in [1.807, 2.05) is 6.07 Å². The maximum absolute atomic E-state index is 12.2. The highest BCUT2D eigenvalue weighted by Gasteiger charge is 2.51. The van der Waals surface area contributed by atoms with Crippen LogP contribution in [-0.2, 0) is 5.41 Å². The number of benzene rings is 2. The number of hydrazone groups is 1. The van der Waals surface area contributed by atoms with Crippen LogP contribution in [0.15, 0.2) is 47.6 Å². The zero-order chi connectivity index (χ0) is 21.6. The number of nitro benzene ring substituents is 1. The molecule has 0 spiro atoms. The highest BCUT2D eigenvalue weighted by molar-refractivity contribution is 5.95. The molecule has 4 aliphatic carbocycles. The summed E-state index contributed by atoms with van der Waals surface area (Å²) in [7, 11) is 0. The molecule has 7 heteroatoms. The third-order valence-electron chi connectivity index (χ3n) is 7.39. The quantitative estimate of drug-likeness (QED) is 0.422. The molecule has 2 N–H and O–H groups in total. The van der Waals surface area contributed by atoms with Crippen LogP contribution in [0.3, 0.4) is 0 Å². The lowest BCUT2D eigenvalue weighted by atomic mass is 9.48. The summed E-state index contributed by atoms with van der Waals surface area (Å²) >= 11 is 0. The minimum Gasteiger partial charge on any atom is -0.507 e. The van der Waals surface area contributed by atoms with E-state index in [9.17, 15) is 20.0 Å². The molecule has 2 aromatic carbocycles. The molecule has 6 rings (SSSR count). The number of nitrogens with zero attached hydrogens (tertiary/aromatic N) is 2. The maximum atomic E-state index is 12.2. The Bertz CT molecular complexity index is 1030. The minimum atomic E-state index is -0.514. The largest absolute Gasteiger partial charge is 0.507 e. The number of non-ortho nitro benzene ring substituents is 1. The lowest BCUT2D eigenvalue weighted by Crippen LogP contribution is -2.48. The van der Waals surface area contributed by atoms with Crippen LogP contribution in [-0.4, -0.2) is 22.2 Å². The van der Waals surface area contributed by atoms with Crippen molar-refractivity contribution < 1.29 is 14.8 Å². The van der Waals surface area contributed by atoms with Crippen LogP contribution in [0.25, 0.3) is 0 Å². The molecule has 0 aliphatic heterocycles. The molecule has 1 amide bonds. The number of nitro groups is 1. The van der Waals surface area contributed by atoms with Crippen molar-refractivity contribution in [2.45, 2.75) is 43.9 Å². The first-order valence-electron chi connectivity index (χ1n) is 10.8. The van der Waals surface area contributed by atoms with Gasteiger partial charge in [-0.1, -0.05) is 6.07 Å². The summed E-state index contributed by atoms with van der Waals surface area (Å²) in [5.41, 5.74) is 4.69. The van der Waals surface area contributed by atoms with Crippen LogP contribution >= 0.6 is 0 Å². The normalized spacial score (nSPS) is 28.7. The Hall–Kier alpha value is -3.22. The zero-order valence-electron chi connectivity index (χ0n) is 17.2. The monoisotopic (exact) mass is 419 g/mol. The summed E-state index contributed by atoms with van der Waals surface area (Å²) in [4.78, 5) is 22.5. The van der Waals surface area contributed by atoms with Crippen molar-refractivity contribution in [1.29, 1.82) is 0 Å². The van der Waals surface area contributed by atoms with Crippen molar-refractivity contribution in [2.75, 3.05) is 0 Å². The first-order chi connectivity index (χ1) is 14.9. The van der Waals surface area contributed by atoms with Crippen molar-refractivity contribution in [2.24, 2.45) is 22.9 Å². The molecule has 0 unspecified atom stereocenters. The van der Waals surface area contributed by atoms with Gasteiger partial charge in [-0.05, 0) is 91.5 Å². The van der Waals surface area contributed by atoms with Gasteiger partial charge < -0.3 is 5.11 Å². The van der Waals surface area contributed by atoms with Crippen LogP contribution in [0.2, 0.25) is 0 Å². The molecule has 0 radical (unpaired) electrons. The van der Waals surface area contributed by atoms with Crippen LogP contribution in [0, 0.1) is 27.9 Å². The van der Waals surface area contributed by atoms with Crippen molar-refractivity contribution >= 4 is 17.8 Å². The Labute approximate surface area is 180 Å². The van der Waals surface area contributed by atoms with E-state index in [0.29, 0.717) is 5.56 Å². The van der Waals surface area contributed by atoms with Gasteiger partial charge in [0.1, 0.15) is 5.75 Å². The summed E-state index contributed by atoms with van der Waals surface area (Å²) < 4.78 is 0. The van der Waals surface area contributed by atoms with E-state index in [4.69, 9.17) is 0 Å². The first kappa shape index (κ1) is 19.7. The van der Waals surface area contributed by atoms with Gasteiger partial charge in [0.05, 0.1) is 11.1 Å². The average Bonchev–Trinajstić information content (AvgIpc) is 2.74. The van der Waals surface area contributed by atoms with Gasteiger partial charge in [0.15, 0.2) is 0 Å². The summed E-state index contributed by atoms with van der Waals surface area (Å²) in [6.45, 7) is 0. The number of carbonyl (C=O) groups excluding carboxylic acids is 1. The predicted molar refractivity (Wildman–Crippen MR) is 116 cm³/mol. The summed E-state index contributed by atoms with van der Waals surface area (Å²) in [6, 6.07) is 11.1. The second kappa shape index (κ2) is 7.48. The van der Waals surface area contributed by atoms with E-state index in [0.717, 1.165) is 17.8 Å². The van der Waals surface area contributed by atoms with Crippen LogP contribution < -0.4 is 5.43 Å². The molecular weight excluding hydrogens is 394 g/mol. The molecule has 7 nitrogen and oxygen atoms in total. The van der Waals surface area contributed by atoms with Crippen LogP contribution in [0.1, 0.15) is 60.0 Å². The second-order valence-corrected chi connectivity index (χ2v) is 9.47. The first-order valence-corrected chi connectivity index (χ1v) is 10.8. The molecule has 31 heavy (non-hydrogen) atoms. The Kier molecular flexibility index (Phi) is 4.76. The standard InChI is InChI=1S/C24H25N3O4/c28-22-6-3-20(24-11-15-7-16(12-24)9-17(8-15)13-24)10-19(22)14-25-26-23(29)18-1-4-21(5-2-18)27(30)31/h1-6,10,14-17,28H,7-9,11-13H2,(H,26,29)/b25-14+. The number of aromatic hydroxyl groups is 1. The number of hydrogen-bond acceptors (Lipinski definition) is 5. The molecule has 4 aliphatic rings. The topological polar surface area (TPSA) is 105 Å². The molecule has 4 saturated carbocycles. The highest BCUT2D eigenvalue weighted by Crippen LogP contribution is 2.60. The molecule has 0 atom stereocenters. The van der Waals surface area contributed by atoms with Crippen molar-refractivity contribution in [1.82, 2.24) is 5.43 Å². The summed E-state index contributed by atoms with van der Waals surface area (Å²) in [5.74, 6) is 2.15. The highest BCUT2D eigenvalue weighted by atomic mass is 16.6. The fraction of sp³-hybridized carbons (Fsp3) is 0.417. The number of carbonyl (C=O) groups is 1. The van der Waals surface area contributed by atoms with E-state index in [1.165, 1.54) is 74.6 Å². The van der Waals surface area contributed by atoms with Crippen LogP contribution in [0.5, 0.6) is 5.75 Å². The molecule has 0 heterocycles. The average molecular weight is 419 g/mol. The fourth-order valence-electron chi connectivity index (χ4n) is 6.41. The summed E-state index contributed by atoms with van der Waals surface area (Å²) in [6.07, 6.45) is 9.29. The molecule has 0 aromatic heterocycles. The number of rotatable bonds is 5. The van der Waals surface area contributed by atoms with Gasteiger partial charge in [-0.3, -0.25) is 14.9 Å². The molecule has 2 aromatic rings. The minimum absolute atomic E-state index is 0.0773. The van der Waals surface area contributed by atoms with Crippen molar-refractivity contribution in [3.05, 3.63) is 69.3 Å². The SMILES string of the molecule is O=C(N/N=C/c1cc(C23CC4CC(CC(C4)C2)C3)ccc1O)c1ccc([N+](=O)[O-])cc1. The van der Waals surface area contributed by atoms with Gasteiger partial charge in [0.25, 0.3) is 11.6 Å². The number of amides is 1. The molecule has 4 fully saturated rings. The van der Waals surface area contributed by atoms with E-state index in [2.05, 4.69) is 16.6 Å². The van der Waals surface area contributed by atoms with Gasteiger partial charge in [0.2, 0.25) is 0 Å². The maximum Gasteiger partial charge on any atom is 0.271 e. The lowest BCUT2D eigenvalue weighted by Gasteiger charge is -2.57. The van der Waals surface area contributed by atoms with E-state index in [1.54, 1.807) is 6.07 Å². The number of nitrogens with one attached hydrogen (secondary N) is 1. The van der Waals surface area contributed by atoms with Crippen molar-refractivity contribution in [3.63, 3.8) is 0 Å². The Balaban J connectivity index is 1.31. The smallest absolute Gasteiger partial charge is 0.271 e. The van der Waals surface area contributed by atoms with E-state index < -0.39 is 10.8 Å². The number of phenolic OH excluding ortho intramolecular Hbond substituents is 1. The Morgan fingerprint density at radius 3 is 2.26 bits per heavy atom. The van der Waals surface area contributed by atoms with Gasteiger partial charge in [-0.2, -0.15) is 5.10 Å². The molecular formula is C24H25N3O4. The van der Waals surface area contributed by atoms with Gasteiger partial charge in [-0.15, -0.1) is 0 Å². The third-order valence-corrected chi connectivity index (χ3v) is 7.39. The number of phenols is 1. The molecule has 0 saturated heterocycles. The van der Waals surface area contributed by atoms with E-state index >= 15 is 0 Å². The van der Waals surface area contributed by atoms with Gasteiger partial charge in [-0.25, -0.2) is 5.43 Å². The second-order valence-electron chi connectivity index (χ2n) is 9.47. The zero-order valence-corrected chi connectivity index (χ0v) is 17.2. The third kappa shape index (κ3) is 3.69. The van der Waals surface area contributed by atoms with Gasteiger partial charge >= 0.3 is 0 Å². The van der Waals surface area contributed by atoms with Gasteiger partial charge in [0, 0.05) is 23.3 Å². The molecule has 160 valence electrons. The van der Waals surface area contributed by atoms with E-state index in [-0.39, 0.29) is 22.4 Å². The lowest BCUT2D eigenvalue weighted by molar-refractivity contribution is -0.384. The van der Waals surface area contributed by atoms with Crippen molar-refractivity contribution in [3.8, 4) is 5.75 Å². The Morgan fingerprint density at radius 2 is 1.68 bits per heavy atom. The predicted octanol–water partition coefficient (Wildman–Crippen LogP) is 4.53.